The summed E-state index contributed by atoms with van der Waals surface area (Å²) in [4.78, 5) is 15.2. The van der Waals surface area contributed by atoms with Gasteiger partial charge in [0, 0.05) is 10.2 Å². The van der Waals surface area contributed by atoms with Crippen LogP contribution >= 0.6 is 39.1 Å². The number of aromatic nitrogens is 4. The number of benzene rings is 1. The first kappa shape index (κ1) is 12.7. The van der Waals surface area contributed by atoms with E-state index in [1.165, 1.54) is 0 Å². The molecule has 0 aliphatic heterocycles. The van der Waals surface area contributed by atoms with Crippen molar-refractivity contribution in [3.63, 3.8) is 0 Å². The van der Waals surface area contributed by atoms with Gasteiger partial charge < -0.3 is 10.3 Å². The fourth-order valence-corrected chi connectivity index (χ4v) is 2.27. The van der Waals surface area contributed by atoms with Gasteiger partial charge in [0.1, 0.15) is 5.52 Å². The van der Waals surface area contributed by atoms with E-state index in [2.05, 4.69) is 41.2 Å². The molecule has 1 aromatic carbocycles. The second-order valence-corrected chi connectivity index (χ2v) is 5.30. The summed E-state index contributed by atoms with van der Waals surface area (Å²) in [6.07, 6.45) is 1.54. The standard InChI is InChI=1S/C11H6BrCl2N5/c12-6-3-5(1-2-7(6)13)17-10-8-9(16-4-15-8)18-11(14)19-10/h1-4H,(H2,15,16,17,18,19). The van der Waals surface area contributed by atoms with Gasteiger partial charge in [0.25, 0.3) is 0 Å². The van der Waals surface area contributed by atoms with Crippen molar-refractivity contribution in [2.75, 3.05) is 5.32 Å². The van der Waals surface area contributed by atoms with Gasteiger partial charge in [-0.3, -0.25) is 0 Å². The number of halogens is 3. The Labute approximate surface area is 126 Å². The van der Waals surface area contributed by atoms with Gasteiger partial charge in [-0.1, -0.05) is 11.6 Å². The zero-order valence-corrected chi connectivity index (χ0v) is 12.4. The predicted octanol–water partition coefficient (Wildman–Crippen LogP) is 4.17. The molecule has 3 rings (SSSR count). The molecule has 3 aromatic rings. The van der Waals surface area contributed by atoms with Gasteiger partial charge in [-0.25, -0.2) is 4.98 Å². The van der Waals surface area contributed by atoms with Crippen LogP contribution in [-0.2, 0) is 0 Å². The van der Waals surface area contributed by atoms with Crippen molar-refractivity contribution in [1.82, 2.24) is 19.9 Å². The quantitative estimate of drug-likeness (QED) is 0.675. The lowest BCUT2D eigenvalue weighted by Crippen LogP contribution is -1.97. The molecular formula is C11H6BrCl2N5. The van der Waals surface area contributed by atoms with Crippen LogP contribution < -0.4 is 5.32 Å². The largest absolute Gasteiger partial charge is 0.340 e. The van der Waals surface area contributed by atoms with Crippen LogP contribution in [0.15, 0.2) is 29.0 Å². The first-order chi connectivity index (χ1) is 9.13. The lowest BCUT2D eigenvalue weighted by Gasteiger charge is -2.07. The van der Waals surface area contributed by atoms with E-state index in [0.717, 1.165) is 10.2 Å². The zero-order chi connectivity index (χ0) is 13.4. The monoisotopic (exact) mass is 357 g/mol. The first-order valence-electron chi connectivity index (χ1n) is 5.22. The lowest BCUT2D eigenvalue weighted by atomic mass is 10.3. The average molecular weight is 359 g/mol. The van der Waals surface area contributed by atoms with Gasteiger partial charge in [-0.2, -0.15) is 9.97 Å². The van der Waals surface area contributed by atoms with E-state index in [-0.39, 0.29) is 5.28 Å². The Kier molecular flexibility index (Phi) is 3.30. The molecule has 0 fully saturated rings. The maximum atomic E-state index is 5.95. The molecule has 2 heterocycles. The Morgan fingerprint density at radius 3 is 2.84 bits per heavy atom. The molecular weight excluding hydrogens is 353 g/mol. The van der Waals surface area contributed by atoms with Crippen molar-refractivity contribution >= 4 is 61.8 Å². The van der Waals surface area contributed by atoms with E-state index in [9.17, 15) is 0 Å². The third-order valence-corrected chi connectivity index (χ3v) is 3.82. The molecule has 0 radical (unpaired) electrons. The Morgan fingerprint density at radius 1 is 1.21 bits per heavy atom. The molecule has 5 nitrogen and oxygen atoms in total. The number of H-pyrrole nitrogens is 1. The van der Waals surface area contributed by atoms with Gasteiger partial charge in [-0.15, -0.1) is 0 Å². The molecule has 19 heavy (non-hydrogen) atoms. The summed E-state index contributed by atoms with van der Waals surface area (Å²) in [7, 11) is 0. The summed E-state index contributed by atoms with van der Waals surface area (Å²) in [6.45, 7) is 0. The molecule has 0 unspecified atom stereocenters. The molecule has 2 aromatic heterocycles. The minimum Gasteiger partial charge on any atom is -0.340 e. The Hall–Kier alpha value is -1.37. The number of hydrogen-bond donors (Lipinski definition) is 2. The van der Waals surface area contributed by atoms with Crippen molar-refractivity contribution in [3.05, 3.63) is 39.3 Å². The van der Waals surface area contributed by atoms with Crippen molar-refractivity contribution in [2.24, 2.45) is 0 Å². The fraction of sp³-hybridized carbons (Fsp3) is 0. The van der Waals surface area contributed by atoms with Crippen LogP contribution in [0.2, 0.25) is 10.3 Å². The molecule has 0 bridgehead atoms. The molecule has 96 valence electrons. The molecule has 0 spiro atoms. The van der Waals surface area contributed by atoms with Crippen molar-refractivity contribution in [1.29, 1.82) is 0 Å². The summed E-state index contributed by atoms with van der Waals surface area (Å²) in [5, 5.41) is 3.92. The molecule has 0 aliphatic rings. The third kappa shape index (κ3) is 2.51. The van der Waals surface area contributed by atoms with E-state index in [1.807, 2.05) is 12.1 Å². The topological polar surface area (TPSA) is 66.5 Å². The molecule has 8 heteroatoms. The van der Waals surface area contributed by atoms with Gasteiger partial charge in [-0.05, 0) is 45.7 Å². The number of anilines is 2. The number of aromatic amines is 1. The van der Waals surface area contributed by atoms with Gasteiger partial charge in [0.05, 0.1) is 11.3 Å². The van der Waals surface area contributed by atoms with E-state index < -0.39 is 0 Å². The maximum Gasteiger partial charge on any atom is 0.226 e. The fourth-order valence-electron chi connectivity index (χ4n) is 1.61. The van der Waals surface area contributed by atoms with Crippen molar-refractivity contribution < 1.29 is 0 Å². The number of hydrogen-bond acceptors (Lipinski definition) is 4. The highest BCUT2D eigenvalue weighted by Gasteiger charge is 2.09. The van der Waals surface area contributed by atoms with Crippen LogP contribution in [-0.4, -0.2) is 19.9 Å². The molecule has 0 amide bonds. The summed E-state index contributed by atoms with van der Waals surface area (Å²) in [5.74, 6) is 0.557. The molecule has 0 atom stereocenters. The van der Waals surface area contributed by atoms with Crippen LogP contribution in [0.5, 0.6) is 0 Å². The normalized spacial score (nSPS) is 10.9. The minimum atomic E-state index is 0.134. The molecule has 0 aliphatic carbocycles. The van der Waals surface area contributed by atoms with Crippen LogP contribution in [0.25, 0.3) is 11.2 Å². The van der Waals surface area contributed by atoms with E-state index >= 15 is 0 Å². The summed E-state index contributed by atoms with van der Waals surface area (Å²) in [6, 6.07) is 5.47. The Bertz CT molecular complexity index is 758. The smallest absolute Gasteiger partial charge is 0.226 e. The maximum absolute atomic E-state index is 5.95. The van der Waals surface area contributed by atoms with Crippen LogP contribution in [0.3, 0.4) is 0 Å². The van der Waals surface area contributed by atoms with E-state index in [0.29, 0.717) is 22.0 Å². The zero-order valence-electron chi connectivity index (χ0n) is 9.28. The molecule has 0 saturated carbocycles. The van der Waals surface area contributed by atoms with Gasteiger partial charge in [0.2, 0.25) is 5.28 Å². The predicted molar refractivity (Wildman–Crippen MR) is 79.1 cm³/mol. The van der Waals surface area contributed by atoms with Gasteiger partial charge >= 0.3 is 0 Å². The summed E-state index contributed by atoms with van der Waals surface area (Å²) >= 11 is 15.2. The highest BCUT2D eigenvalue weighted by Crippen LogP contribution is 2.28. The van der Waals surface area contributed by atoms with E-state index in [1.54, 1.807) is 12.4 Å². The summed E-state index contributed by atoms with van der Waals surface area (Å²) < 4.78 is 0.792. The van der Waals surface area contributed by atoms with Crippen molar-refractivity contribution in [3.8, 4) is 0 Å². The van der Waals surface area contributed by atoms with Crippen LogP contribution in [0.4, 0.5) is 11.5 Å². The Balaban J connectivity index is 2.04. The van der Waals surface area contributed by atoms with Crippen LogP contribution in [0.1, 0.15) is 0 Å². The van der Waals surface area contributed by atoms with Crippen molar-refractivity contribution in [2.45, 2.75) is 0 Å². The third-order valence-electron chi connectivity index (χ3n) is 2.44. The number of rotatable bonds is 2. The highest BCUT2D eigenvalue weighted by atomic mass is 79.9. The minimum absolute atomic E-state index is 0.134. The highest BCUT2D eigenvalue weighted by molar-refractivity contribution is 9.10. The SMILES string of the molecule is Clc1nc(Nc2ccc(Cl)c(Br)c2)c2[nH]cnc2n1. The first-order valence-corrected chi connectivity index (χ1v) is 6.77. The summed E-state index contributed by atoms with van der Waals surface area (Å²) in [5.41, 5.74) is 2.02. The molecule has 0 saturated heterocycles. The number of fused-ring (bicyclic) bond motifs is 1. The van der Waals surface area contributed by atoms with Crippen LogP contribution in [0, 0.1) is 0 Å². The van der Waals surface area contributed by atoms with E-state index in [4.69, 9.17) is 23.2 Å². The number of nitrogens with one attached hydrogen (secondary N) is 2. The Morgan fingerprint density at radius 2 is 2.05 bits per heavy atom. The number of imidazole rings is 1. The second kappa shape index (κ2) is 4.96. The molecule has 2 N–H and O–H groups in total. The van der Waals surface area contributed by atoms with Gasteiger partial charge in [0.15, 0.2) is 11.5 Å². The number of nitrogens with zero attached hydrogens (tertiary/aromatic N) is 3. The second-order valence-electron chi connectivity index (χ2n) is 3.70. The average Bonchev–Trinajstić information content (AvgIpc) is 2.82. The lowest BCUT2D eigenvalue weighted by molar-refractivity contribution is 1.20.